The number of nitrogens with zero attached hydrogens (tertiary/aromatic N) is 4. The Morgan fingerprint density at radius 3 is 2.37 bits per heavy atom. The Kier molecular flexibility index (Phi) is 6.06. The topological polar surface area (TPSA) is 93.1 Å². The molecule has 0 aliphatic carbocycles. The fourth-order valence-electron chi connectivity index (χ4n) is 3.75. The normalized spacial score (nSPS) is 26.0. The van der Waals surface area contributed by atoms with Crippen molar-refractivity contribution in [2.75, 3.05) is 34.4 Å². The number of benzene rings is 1. The Bertz CT molecular complexity index is 853. The second kappa shape index (κ2) is 8.11. The first-order valence-electron chi connectivity index (χ1n) is 9.82. The first-order chi connectivity index (χ1) is 14.2. The van der Waals surface area contributed by atoms with E-state index in [1.54, 1.807) is 39.7 Å². The number of amides is 1. The zero-order valence-electron chi connectivity index (χ0n) is 18.1. The van der Waals surface area contributed by atoms with Crippen LogP contribution in [0.4, 0.5) is 4.79 Å². The molecule has 166 valence electrons. The van der Waals surface area contributed by atoms with Gasteiger partial charge in [-0.1, -0.05) is 0 Å². The molecule has 0 bridgehead atoms. The predicted octanol–water partition coefficient (Wildman–Crippen LogP) is 3.13. The van der Waals surface area contributed by atoms with Crippen LogP contribution < -0.4 is 0 Å². The van der Waals surface area contributed by atoms with Gasteiger partial charge in [-0.3, -0.25) is 0 Å². The van der Waals surface area contributed by atoms with Gasteiger partial charge in [0, 0.05) is 0 Å². The van der Waals surface area contributed by atoms with E-state index in [1.165, 1.54) is 0 Å². The first kappa shape index (κ1) is 22.4. The van der Waals surface area contributed by atoms with E-state index in [0.29, 0.717) is 0 Å². The monoisotopic (exact) mass is 440 g/mol. The molecular weight excluding hydrogens is 411 g/mol. The molecule has 1 saturated heterocycles. The van der Waals surface area contributed by atoms with Gasteiger partial charge in [0.25, 0.3) is 0 Å². The summed E-state index contributed by atoms with van der Waals surface area (Å²) in [6.45, 7) is 5.60. The molecule has 0 radical (unpaired) electrons. The predicted molar refractivity (Wildman–Crippen MR) is 112 cm³/mol. The van der Waals surface area contributed by atoms with Crippen LogP contribution in [0.3, 0.4) is 0 Å². The molecule has 1 fully saturated rings. The Morgan fingerprint density at radius 2 is 1.80 bits per heavy atom. The summed E-state index contributed by atoms with van der Waals surface area (Å²) in [7, 11) is 0.861. The van der Waals surface area contributed by atoms with Gasteiger partial charge in [-0.25, -0.2) is 0 Å². The van der Waals surface area contributed by atoms with Gasteiger partial charge in [-0.05, 0) is 0 Å². The molecule has 0 aromatic heterocycles. The molecule has 10 nitrogen and oxygen atoms in total. The molecule has 2 heterocycles. The van der Waals surface area contributed by atoms with Crippen molar-refractivity contribution in [2.24, 2.45) is 5.10 Å². The summed E-state index contributed by atoms with van der Waals surface area (Å²) in [5.41, 5.74) is 0.914. The van der Waals surface area contributed by atoms with Gasteiger partial charge in [0.1, 0.15) is 0 Å². The number of hydrogen-bond donors (Lipinski definition) is 0. The van der Waals surface area contributed by atoms with Crippen LogP contribution in [0, 0.1) is 0 Å². The van der Waals surface area contributed by atoms with E-state index in [0.717, 1.165) is 10.3 Å². The van der Waals surface area contributed by atoms with Gasteiger partial charge in [0.15, 0.2) is 0 Å². The Morgan fingerprint density at radius 1 is 1.17 bits per heavy atom. The summed E-state index contributed by atoms with van der Waals surface area (Å²) in [6.07, 6.45) is -1.21. The number of rotatable bonds is 5. The molecule has 2 aliphatic rings. The number of likely N-dealkylation sites (N-methyl/N-ethyl adjacent to an activating group) is 1. The molecule has 2 unspecified atom stereocenters. The zero-order valence-corrected chi connectivity index (χ0v) is 19.0. The van der Waals surface area contributed by atoms with Crippen molar-refractivity contribution in [3.63, 3.8) is 0 Å². The summed E-state index contributed by atoms with van der Waals surface area (Å²) in [5.74, 6) is -1.12. The minimum absolute atomic E-state index is 0.126. The van der Waals surface area contributed by atoms with Crippen LogP contribution in [0.5, 0.6) is 0 Å². The minimum atomic E-state index is -4.39. The molecule has 30 heavy (non-hydrogen) atoms. The van der Waals surface area contributed by atoms with E-state index in [9.17, 15) is 9.59 Å². The number of hydrazone groups is 1. The summed E-state index contributed by atoms with van der Waals surface area (Å²) in [6, 6.07) is 9.43. The van der Waals surface area contributed by atoms with Crippen LogP contribution in [0.15, 0.2) is 35.4 Å². The van der Waals surface area contributed by atoms with E-state index in [2.05, 4.69) is 5.10 Å². The number of carbonyl (C=O) groups excluding carboxylic acids is 2. The van der Waals surface area contributed by atoms with E-state index < -0.39 is 25.7 Å². The molecular formula is C19H29N4O6P. The van der Waals surface area contributed by atoms with Crippen LogP contribution in [0.2, 0.25) is 0 Å². The van der Waals surface area contributed by atoms with Crippen LogP contribution in [-0.4, -0.2) is 72.5 Å². The van der Waals surface area contributed by atoms with Crippen LogP contribution in [-0.2, 0) is 23.3 Å². The molecule has 1 amide bonds. The molecule has 0 saturated carbocycles. The van der Waals surface area contributed by atoms with Crippen molar-refractivity contribution in [3.8, 4) is 0 Å². The SMILES string of the molecule is CCOC(=O)C1=NN(C(=O)OCC)P2(N(C)C)(O1)OC(c1ccccc1)C(C)N2C. The third-order valence-electron chi connectivity index (χ3n) is 5.31. The maximum absolute atomic E-state index is 13.0. The summed E-state index contributed by atoms with van der Waals surface area (Å²) in [5, 5.41) is 4.20. The van der Waals surface area contributed by atoms with Gasteiger partial charge in [-0.2, -0.15) is 0 Å². The molecule has 2 atom stereocenters. The molecule has 3 rings (SSSR count). The maximum atomic E-state index is 13.0. The van der Waals surface area contributed by atoms with E-state index in [-0.39, 0.29) is 25.2 Å². The second-order valence-corrected chi connectivity index (χ2v) is 11.0. The van der Waals surface area contributed by atoms with Crippen molar-refractivity contribution >= 4 is 25.5 Å². The fraction of sp³-hybridized carbons (Fsp3) is 0.526. The quantitative estimate of drug-likeness (QED) is 0.509. The molecule has 1 aromatic carbocycles. The van der Waals surface area contributed by atoms with Crippen LogP contribution >= 0.6 is 7.51 Å². The number of esters is 1. The van der Waals surface area contributed by atoms with Crippen LogP contribution in [0.1, 0.15) is 32.4 Å². The first-order valence-corrected chi connectivity index (χ1v) is 11.8. The Balaban J connectivity index is 2.16. The van der Waals surface area contributed by atoms with Crippen molar-refractivity contribution in [3.05, 3.63) is 35.9 Å². The second-order valence-electron chi connectivity index (χ2n) is 7.14. The summed E-state index contributed by atoms with van der Waals surface area (Å²) >= 11 is 0. The van der Waals surface area contributed by atoms with Gasteiger partial charge in [0.05, 0.1) is 0 Å². The Hall–Kier alpha value is -2.26. The van der Waals surface area contributed by atoms with E-state index >= 15 is 0 Å². The third kappa shape index (κ3) is 3.06. The van der Waals surface area contributed by atoms with Gasteiger partial charge >= 0.3 is 176 Å². The summed E-state index contributed by atoms with van der Waals surface area (Å²) < 4.78 is 27.8. The summed E-state index contributed by atoms with van der Waals surface area (Å²) in [4.78, 5) is 25.5. The average Bonchev–Trinajstić information content (AvgIpc) is 3.21. The van der Waals surface area contributed by atoms with Crippen molar-refractivity contribution in [1.29, 1.82) is 0 Å². The zero-order chi connectivity index (χ0) is 22.1. The van der Waals surface area contributed by atoms with Gasteiger partial charge in [0.2, 0.25) is 0 Å². The average molecular weight is 440 g/mol. The number of ether oxygens (including phenoxy) is 2. The third-order valence-corrected chi connectivity index (χ3v) is 10.1. The van der Waals surface area contributed by atoms with Gasteiger partial charge < -0.3 is 0 Å². The fourth-order valence-corrected chi connectivity index (χ4v) is 8.18. The van der Waals surface area contributed by atoms with Crippen molar-refractivity contribution in [2.45, 2.75) is 32.9 Å². The standard InChI is InChI=1S/C19H29N4O6P/c1-7-26-18(24)17-20-23(19(25)27-8-2)30(29-17,21(4)5)22(6)14(3)16(28-30)15-12-10-9-11-13-15/h9-14,16H,7-8H2,1-6H3. The van der Waals surface area contributed by atoms with Gasteiger partial charge in [-0.15, -0.1) is 0 Å². The molecule has 2 aliphatic heterocycles. The van der Waals surface area contributed by atoms with E-state index in [1.807, 2.05) is 41.9 Å². The Labute approximate surface area is 176 Å². The number of carbonyl (C=O) groups is 2. The van der Waals surface area contributed by atoms with Crippen molar-refractivity contribution in [1.82, 2.24) is 14.1 Å². The number of hydrogen-bond acceptors (Lipinski definition) is 9. The molecule has 0 N–H and O–H groups in total. The molecule has 1 spiro atoms. The molecule has 1 aromatic rings. The van der Waals surface area contributed by atoms with E-state index in [4.69, 9.17) is 18.5 Å². The van der Waals surface area contributed by atoms with Crippen molar-refractivity contribution < 1.29 is 28.1 Å². The molecule has 11 heteroatoms. The van der Waals surface area contributed by atoms with Crippen LogP contribution in [0.25, 0.3) is 0 Å².